The number of hydrogen-bond donors (Lipinski definition) is 0. The van der Waals surface area contributed by atoms with E-state index in [9.17, 15) is 19.7 Å². The van der Waals surface area contributed by atoms with Crippen LogP contribution in [0.25, 0.3) is 10.9 Å². The van der Waals surface area contributed by atoms with Gasteiger partial charge in [0.2, 0.25) is 0 Å². The molecule has 0 bridgehead atoms. The highest BCUT2D eigenvalue weighted by Crippen LogP contribution is 2.34. The number of nitrogens with zero attached hydrogens (tertiary/aromatic N) is 5. The third-order valence-corrected chi connectivity index (χ3v) is 7.29. The Bertz CT molecular complexity index is 1180. The first-order valence-electron chi connectivity index (χ1n) is 13.0. The summed E-state index contributed by atoms with van der Waals surface area (Å²) in [7, 11) is 2.88. The molecule has 1 aromatic carbocycles. The van der Waals surface area contributed by atoms with E-state index in [2.05, 4.69) is 10.00 Å². The normalized spacial score (nSPS) is 22.9. The van der Waals surface area contributed by atoms with E-state index in [-0.39, 0.29) is 29.4 Å². The van der Waals surface area contributed by atoms with E-state index in [1.807, 2.05) is 31.6 Å². The fraction of sp³-hybridized carbons (Fsp3) is 0.654. The highest BCUT2D eigenvalue weighted by atomic mass is 16.6. The summed E-state index contributed by atoms with van der Waals surface area (Å²) in [6.07, 6.45) is 5.25. The van der Waals surface area contributed by atoms with Gasteiger partial charge < -0.3 is 19.1 Å². The number of ether oxygens (including phenoxy) is 3. The first-order valence-corrected chi connectivity index (χ1v) is 13.0. The number of nitro groups is 1. The lowest BCUT2D eigenvalue weighted by Crippen LogP contribution is -2.60. The molecular formula is C26H37N5O7. The van der Waals surface area contributed by atoms with Gasteiger partial charge in [0.15, 0.2) is 0 Å². The van der Waals surface area contributed by atoms with Crippen molar-refractivity contribution in [3.63, 3.8) is 0 Å². The number of piperazine rings is 1. The predicted molar refractivity (Wildman–Crippen MR) is 139 cm³/mol. The molecule has 38 heavy (non-hydrogen) atoms. The lowest BCUT2D eigenvalue weighted by molar-refractivity contribution is -0.385. The summed E-state index contributed by atoms with van der Waals surface area (Å²) < 4.78 is 17.7. The van der Waals surface area contributed by atoms with E-state index in [4.69, 9.17) is 14.2 Å². The number of fused-ring (bicyclic) bond motifs is 1. The fourth-order valence-corrected chi connectivity index (χ4v) is 5.53. The zero-order valence-electron chi connectivity index (χ0n) is 22.7. The number of carbonyl (C=O) groups is 2. The predicted octanol–water partition coefficient (Wildman–Crippen LogP) is 3.78. The van der Waals surface area contributed by atoms with Crippen molar-refractivity contribution in [2.24, 2.45) is 0 Å². The highest BCUT2D eigenvalue weighted by molar-refractivity contribution is 5.99. The Kier molecular flexibility index (Phi) is 8.22. The van der Waals surface area contributed by atoms with Gasteiger partial charge in [-0.05, 0) is 52.5 Å². The molecule has 1 amide bonds. The Hall–Kier alpha value is -3.25. The number of amides is 1. The van der Waals surface area contributed by atoms with Crippen LogP contribution < -0.4 is 0 Å². The van der Waals surface area contributed by atoms with Crippen molar-refractivity contribution in [1.82, 2.24) is 19.6 Å². The fourth-order valence-electron chi connectivity index (χ4n) is 5.53. The van der Waals surface area contributed by atoms with Crippen molar-refractivity contribution in [3.8, 4) is 0 Å². The van der Waals surface area contributed by atoms with Crippen LogP contribution in [0, 0.1) is 10.1 Å². The molecule has 1 saturated carbocycles. The Morgan fingerprint density at radius 3 is 2.39 bits per heavy atom. The van der Waals surface area contributed by atoms with Gasteiger partial charge >= 0.3 is 12.1 Å². The minimum absolute atomic E-state index is 0.0902. The van der Waals surface area contributed by atoms with Crippen LogP contribution in [0.3, 0.4) is 0 Å². The molecular weight excluding hydrogens is 494 g/mol. The van der Waals surface area contributed by atoms with E-state index in [1.54, 1.807) is 12.0 Å². The summed E-state index contributed by atoms with van der Waals surface area (Å²) in [4.78, 5) is 39.9. The van der Waals surface area contributed by atoms with Gasteiger partial charge in [-0.1, -0.05) is 0 Å². The van der Waals surface area contributed by atoms with Crippen LogP contribution in [0.2, 0.25) is 0 Å². The molecule has 0 unspecified atom stereocenters. The minimum atomic E-state index is -0.758. The number of aromatic nitrogens is 2. The number of methoxy groups -OCH3 is 2. The molecule has 0 radical (unpaired) electrons. The lowest BCUT2D eigenvalue weighted by Gasteiger charge is -2.46. The maximum Gasteiger partial charge on any atom is 0.410 e. The van der Waals surface area contributed by atoms with Gasteiger partial charge in [-0.15, -0.1) is 0 Å². The van der Waals surface area contributed by atoms with Crippen LogP contribution in [0.4, 0.5) is 10.5 Å². The Morgan fingerprint density at radius 1 is 1.11 bits per heavy atom. The third-order valence-electron chi connectivity index (χ3n) is 7.29. The van der Waals surface area contributed by atoms with Crippen molar-refractivity contribution in [2.45, 2.75) is 70.2 Å². The smallest absolute Gasteiger partial charge is 0.410 e. The van der Waals surface area contributed by atoms with Crippen molar-refractivity contribution in [3.05, 3.63) is 34.0 Å². The second kappa shape index (κ2) is 11.2. The van der Waals surface area contributed by atoms with Gasteiger partial charge in [0.1, 0.15) is 11.2 Å². The number of carbonyl (C=O) groups excluding carboxylic acids is 2. The maximum atomic E-state index is 12.6. The zero-order valence-corrected chi connectivity index (χ0v) is 22.7. The van der Waals surface area contributed by atoms with Gasteiger partial charge in [0.25, 0.3) is 5.69 Å². The maximum absolute atomic E-state index is 12.6. The number of rotatable bonds is 6. The van der Waals surface area contributed by atoms with Crippen LogP contribution in [-0.2, 0) is 14.2 Å². The minimum Gasteiger partial charge on any atom is -0.465 e. The lowest BCUT2D eigenvalue weighted by atomic mass is 9.89. The SMILES string of the molecule is COC[C@H]1CN(C(=O)OC(C)(C)C)CCN1C1CCC(n2cc3cc([N+](=O)[O-])c(C(=O)OC)cc3n2)CC1. The Labute approximate surface area is 221 Å². The van der Waals surface area contributed by atoms with E-state index >= 15 is 0 Å². The third kappa shape index (κ3) is 6.07. The van der Waals surface area contributed by atoms with Crippen LogP contribution >= 0.6 is 0 Å². The van der Waals surface area contributed by atoms with E-state index < -0.39 is 16.5 Å². The van der Waals surface area contributed by atoms with Crippen molar-refractivity contribution in [1.29, 1.82) is 0 Å². The van der Waals surface area contributed by atoms with Gasteiger partial charge in [0, 0.05) is 50.4 Å². The zero-order chi connectivity index (χ0) is 27.6. The van der Waals surface area contributed by atoms with E-state index in [0.717, 1.165) is 32.2 Å². The first kappa shape index (κ1) is 27.8. The molecule has 0 N–H and O–H groups in total. The van der Waals surface area contributed by atoms with E-state index in [1.165, 1.54) is 19.2 Å². The second-order valence-corrected chi connectivity index (χ2v) is 11.0. The molecule has 208 valence electrons. The van der Waals surface area contributed by atoms with Crippen molar-refractivity contribution < 1.29 is 28.7 Å². The summed E-state index contributed by atoms with van der Waals surface area (Å²) in [5.41, 5.74) is -0.403. The number of benzene rings is 1. The molecule has 1 aliphatic carbocycles. The Balaban J connectivity index is 1.43. The molecule has 1 atom stereocenters. The number of esters is 1. The van der Waals surface area contributed by atoms with Crippen LogP contribution in [0.5, 0.6) is 0 Å². The molecule has 2 heterocycles. The van der Waals surface area contributed by atoms with Crippen LogP contribution in [0.15, 0.2) is 18.3 Å². The highest BCUT2D eigenvalue weighted by Gasteiger charge is 2.37. The van der Waals surface area contributed by atoms with Gasteiger partial charge in [0.05, 0.1) is 36.2 Å². The van der Waals surface area contributed by atoms with E-state index in [0.29, 0.717) is 36.6 Å². The molecule has 0 spiro atoms. The molecule has 2 aliphatic rings. The van der Waals surface area contributed by atoms with Crippen molar-refractivity contribution in [2.75, 3.05) is 40.5 Å². The van der Waals surface area contributed by atoms with Gasteiger partial charge in [-0.2, -0.15) is 5.10 Å². The molecule has 1 aromatic heterocycles. The molecule has 1 aliphatic heterocycles. The molecule has 1 saturated heterocycles. The molecule has 2 aromatic rings. The molecule has 12 nitrogen and oxygen atoms in total. The quantitative estimate of drug-likeness (QED) is 0.310. The largest absolute Gasteiger partial charge is 0.465 e. The number of hydrogen-bond acceptors (Lipinski definition) is 9. The van der Waals surface area contributed by atoms with Crippen LogP contribution in [-0.4, -0.2) is 94.7 Å². The summed E-state index contributed by atoms with van der Waals surface area (Å²) in [6.45, 7) is 8.07. The van der Waals surface area contributed by atoms with Gasteiger partial charge in [-0.25, -0.2) is 9.59 Å². The van der Waals surface area contributed by atoms with Crippen molar-refractivity contribution >= 4 is 28.7 Å². The Morgan fingerprint density at radius 2 is 1.79 bits per heavy atom. The molecule has 12 heteroatoms. The molecule has 2 fully saturated rings. The van der Waals surface area contributed by atoms with Crippen LogP contribution in [0.1, 0.15) is 62.9 Å². The molecule has 4 rings (SSSR count). The summed E-state index contributed by atoms with van der Waals surface area (Å²) >= 11 is 0. The topological polar surface area (TPSA) is 129 Å². The monoisotopic (exact) mass is 531 g/mol. The first-order chi connectivity index (χ1) is 18.0. The average Bonchev–Trinajstić information content (AvgIpc) is 3.30. The van der Waals surface area contributed by atoms with Gasteiger partial charge in [-0.3, -0.25) is 19.7 Å². The average molecular weight is 532 g/mol. The second-order valence-electron chi connectivity index (χ2n) is 11.0. The number of nitro benzene ring substituents is 1. The summed E-state index contributed by atoms with van der Waals surface area (Å²) in [5.74, 6) is -0.758. The standard InChI is InChI=1S/C26H37N5O7/c1-26(2,3)38-25(33)28-10-11-29(20(15-28)16-36-4)18-6-8-19(9-7-18)30-14-17-12-23(31(34)35)21(24(32)37-5)13-22(17)27-30/h12-14,18-20H,6-11,15-16H2,1-5H3/t18?,19?,20-/m1/s1. The summed E-state index contributed by atoms with van der Waals surface area (Å²) in [6, 6.07) is 3.43. The summed E-state index contributed by atoms with van der Waals surface area (Å²) in [5, 5.41) is 16.8.